The van der Waals surface area contributed by atoms with Crippen molar-refractivity contribution in [3.05, 3.63) is 100 Å². The van der Waals surface area contributed by atoms with Gasteiger partial charge in [-0.15, -0.1) is 11.3 Å². The smallest absolute Gasteiger partial charge is 0.257 e. The topological polar surface area (TPSA) is 70.6 Å². The van der Waals surface area contributed by atoms with Crippen LogP contribution >= 0.6 is 22.9 Å². The highest BCUT2D eigenvalue weighted by atomic mass is 35.5. The molecule has 1 saturated heterocycles. The van der Waals surface area contributed by atoms with Gasteiger partial charge in [0, 0.05) is 62.4 Å². The summed E-state index contributed by atoms with van der Waals surface area (Å²) in [5.41, 5.74) is 5.22. The molecular formula is C32H30ClN5O2S. The molecule has 5 aromatic rings. The number of piperazine rings is 1. The van der Waals surface area contributed by atoms with Crippen LogP contribution in [0, 0.1) is 6.92 Å². The summed E-state index contributed by atoms with van der Waals surface area (Å²) in [6.07, 6.45) is 3.48. The Bertz CT molecular complexity index is 1700. The maximum absolute atomic E-state index is 13.3. The maximum Gasteiger partial charge on any atom is 0.257 e. The fourth-order valence-electron chi connectivity index (χ4n) is 4.94. The molecule has 0 saturated carbocycles. The van der Waals surface area contributed by atoms with Gasteiger partial charge in [0.1, 0.15) is 16.3 Å². The molecule has 1 N–H and O–H groups in total. The molecule has 6 rings (SSSR count). The van der Waals surface area contributed by atoms with E-state index in [9.17, 15) is 4.79 Å². The van der Waals surface area contributed by atoms with E-state index < -0.39 is 0 Å². The quantitative estimate of drug-likeness (QED) is 0.220. The van der Waals surface area contributed by atoms with E-state index in [-0.39, 0.29) is 5.91 Å². The zero-order valence-corrected chi connectivity index (χ0v) is 24.5. The normalized spacial score (nSPS) is 14.3. The predicted molar refractivity (Wildman–Crippen MR) is 166 cm³/mol. The van der Waals surface area contributed by atoms with Crippen molar-refractivity contribution in [1.29, 1.82) is 0 Å². The van der Waals surface area contributed by atoms with Crippen LogP contribution in [0.5, 0.6) is 11.5 Å². The molecule has 1 amide bonds. The highest BCUT2D eigenvalue weighted by molar-refractivity contribution is 7.16. The van der Waals surface area contributed by atoms with E-state index in [1.807, 2.05) is 41.8 Å². The molecule has 4 heterocycles. The summed E-state index contributed by atoms with van der Waals surface area (Å²) in [7, 11) is 2.16. The molecule has 1 aliphatic heterocycles. The summed E-state index contributed by atoms with van der Waals surface area (Å²) >= 11 is 8.03. The second-order valence-corrected chi connectivity index (χ2v) is 11.6. The first kappa shape index (κ1) is 27.4. The first-order valence-corrected chi connectivity index (χ1v) is 14.8. The number of carbonyl (C=O) groups is 1. The third kappa shape index (κ3) is 6.26. The van der Waals surface area contributed by atoms with Crippen molar-refractivity contribution in [1.82, 2.24) is 19.8 Å². The van der Waals surface area contributed by atoms with Gasteiger partial charge in [0.25, 0.3) is 5.91 Å². The maximum atomic E-state index is 13.3. The predicted octanol–water partition coefficient (Wildman–Crippen LogP) is 7.11. The number of nitrogens with one attached hydrogen (secondary N) is 1. The van der Waals surface area contributed by atoms with E-state index in [2.05, 4.69) is 40.1 Å². The van der Waals surface area contributed by atoms with Crippen LogP contribution in [0.25, 0.3) is 21.5 Å². The van der Waals surface area contributed by atoms with E-state index >= 15 is 0 Å². The van der Waals surface area contributed by atoms with E-state index in [4.69, 9.17) is 21.3 Å². The van der Waals surface area contributed by atoms with Gasteiger partial charge in [0.15, 0.2) is 0 Å². The molecule has 1 fully saturated rings. The summed E-state index contributed by atoms with van der Waals surface area (Å²) < 4.78 is 6.33. The number of pyridine rings is 2. The van der Waals surface area contributed by atoms with Gasteiger partial charge in [-0.3, -0.25) is 14.7 Å². The number of benzene rings is 2. The lowest BCUT2D eigenvalue weighted by Crippen LogP contribution is -2.43. The molecule has 9 heteroatoms. The van der Waals surface area contributed by atoms with Crippen LogP contribution in [0.15, 0.2) is 78.4 Å². The molecule has 0 unspecified atom stereocenters. The van der Waals surface area contributed by atoms with Crippen molar-refractivity contribution in [2.45, 2.75) is 13.5 Å². The molecule has 2 aromatic carbocycles. The molecule has 0 radical (unpaired) electrons. The fraction of sp³-hybridized carbons (Fsp3) is 0.219. The van der Waals surface area contributed by atoms with Crippen LogP contribution in [0.1, 0.15) is 21.5 Å². The fourth-order valence-corrected chi connectivity index (χ4v) is 5.92. The van der Waals surface area contributed by atoms with Crippen LogP contribution in [0.2, 0.25) is 5.02 Å². The Balaban J connectivity index is 1.20. The number of likely N-dealkylation sites (N-methyl/N-ethyl adjacent to an activating group) is 1. The van der Waals surface area contributed by atoms with Gasteiger partial charge in [-0.2, -0.15) is 0 Å². The van der Waals surface area contributed by atoms with Gasteiger partial charge in [-0.1, -0.05) is 17.7 Å². The Morgan fingerprint density at radius 2 is 1.83 bits per heavy atom. The van der Waals surface area contributed by atoms with Crippen LogP contribution < -0.4 is 10.1 Å². The van der Waals surface area contributed by atoms with Crippen LogP contribution in [0.3, 0.4) is 0 Å². The van der Waals surface area contributed by atoms with Gasteiger partial charge in [0.2, 0.25) is 0 Å². The highest BCUT2D eigenvalue weighted by Crippen LogP contribution is 2.36. The number of thiophene rings is 1. The average molecular weight is 584 g/mol. The minimum Gasteiger partial charge on any atom is -0.457 e. The Morgan fingerprint density at radius 3 is 2.61 bits per heavy atom. The molecule has 0 aliphatic carbocycles. The highest BCUT2D eigenvalue weighted by Gasteiger charge is 2.17. The third-order valence-electron chi connectivity index (χ3n) is 7.38. The summed E-state index contributed by atoms with van der Waals surface area (Å²) in [5, 5.41) is 6.25. The van der Waals surface area contributed by atoms with E-state index in [0.717, 1.165) is 65.4 Å². The Labute approximate surface area is 248 Å². The second kappa shape index (κ2) is 12.0. The Morgan fingerprint density at radius 1 is 1.02 bits per heavy atom. The monoisotopic (exact) mass is 583 g/mol. The van der Waals surface area contributed by atoms with Crippen molar-refractivity contribution in [3.8, 4) is 22.8 Å². The first-order valence-electron chi connectivity index (χ1n) is 13.5. The van der Waals surface area contributed by atoms with Crippen LogP contribution in [-0.4, -0.2) is 58.9 Å². The molecular weight excluding hydrogens is 554 g/mol. The molecule has 208 valence electrons. The van der Waals surface area contributed by atoms with Crippen LogP contribution in [0.4, 0.5) is 5.69 Å². The van der Waals surface area contributed by atoms with Gasteiger partial charge in [-0.05, 0) is 79.0 Å². The molecule has 0 spiro atoms. The molecule has 0 bridgehead atoms. The summed E-state index contributed by atoms with van der Waals surface area (Å²) in [6.45, 7) is 7.29. The number of rotatable bonds is 7. The van der Waals surface area contributed by atoms with Crippen molar-refractivity contribution >= 4 is 44.7 Å². The van der Waals surface area contributed by atoms with Gasteiger partial charge in [-0.25, -0.2) is 4.98 Å². The standard InChI is InChI=1S/C32H30ClN5O2S/c1-21-17-24(4-3-23(21)20-38-14-12-37(2)13-15-38)35-31(39)27-18-25(5-6-28(27)33)40-30-19-29(22-7-10-34-11-8-22)36-32-26(30)9-16-41-32/h3-11,16-19H,12-15,20H2,1-2H3,(H,35,39). The van der Waals surface area contributed by atoms with E-state index in [0.29, 0.717) is 22.1 Å². The first-order chi connectivity index (χ1) is 19.9. The van der Waals surface area contributed by atoms with E-state index in [1.54, 1.807) is 41.9 Å². The number of hydrogen-bond acceptors (Lipinski definition) is 7. The molecule has 1 aliphatic rings. The lowest BCUT2D eigenvalue weighted by atomic mass is 10.1. The van der Waals surface area contributed by atoms with Crippen LogP contribution in [-0.2, 0) is 6.54 Å². The number of aryl methyl sites for hydroxylation is 1. The number of nitrogens with zero attached hydrogens (tertiary/aromatic N) is 4. The van der Waals surface area contributed by atoms with Crippen molar-refractivity contribution in [2.24, 2.45) is 0 Å². The van der Waals surface area contributed by atoms with Gasteiger partial charge in [0.05, 0.1) is 21.7 Å². The third-order valence-corrected chi connectivity index (χ3v) is 8.51. The Kier molecular flexibility index (Phi) is 7.98. The lowest BCUT2D eigenvalue weighted by molar-refractivity contribution is 0.102. The molecule has 3 aromatic heterocycles. The lowest BCUT2D eigenvalue weighted by Gasteiger charge is -2.32. The number of halogens is 1. The summed E-state index contributed by atoms with van der Waals surface area (Å²) in [6, 6.07) is 18.9. The van der Waals surface area contributed by atoms with Gasteiger partial charge >= 0.3 is 0 Å². The summed E-state index contributed by atoms with van der Waals surface area (Å²) in [4.78, 5) is 27.9. The number of anilines is 1. The number of hydrogen-bond donors (Lipinski definition) is 1. The Hall–Kier alpha value is -3.82. The number of amides is 1. The average Bonchev–Trinajstić information content (AvgIpc) is 3.46. The molecule has 0 atom stereocenters. The minimum atomic E-state index is -0.292. The SMILES string of the molecule is Cc1cc(NC(=O)c2cc(Oc3cc(-c4ccncc4)nc4sccc34)ccc2Cl)ccc1CN1CCN(C)CC1. The number of carbonyl (C=O) groups excluding carboxylic acids is 1. The van der Waals surface area contributed by atoms with Crippen molar-refractivity contribution < 1.29 is 9.53 Å². The summed E-state index contributed by atoms with van der Waals surface area (Å²) in [5.74, 6) is 0.875. The van der Waals surface area contributed by atoms with Crippen molar-refractivity contribution in [3.63, 3.8) is 0 Å². The van der Waals surface area contributed by atoms with E-state index in [1.165, 1.54) is 5.56 Å². The molecule has 7 nitrogen and oxygen atoms in total. The zero-order chi connectivity index (χ0) is 28.3. The zero-order valence-electron chi connectivity index (χ0n) is 22.9. The van der Waals surface area contributed by atoms with Gasteiger partial charge < -0.3 is 15.0 Å². The number of aromatic nitrogens is 2. The molecule has 41 heavy (non-hydrogen) atoms. The number of ether oxygens (including phenoxy) is 1. The second-order valence-electron chi connectivity index (χ2n) is 10.3. The largest absolute Gasteiger partial charge is 0.457 e. The van der Waals surface area contributed by atoms with Crippen molar-refractivity contribution in [2.75, 3.05) is 38.5 Å². The minimum absolute atomic E-state index is 0.292. The number of fused-ring (bicyclic) bond motifs is 1.